The minimum atomic E-state index is 0.250. The number of hydrogen-bond donors (Lipinski definition) is 0. The van der Waals surface area contributed by atoms with Crippen LogP contribution < -0.4 is 0 Å². The van der Waals surface area contributed by atoms with Crippen molar-refractivity contribution in [3.05, 3.63) is 0 Å². The molecule has 0 amide bonds. The first-order valence-electron chi connectivity index (χ1n) is 13.4. The third-order valence-corrected chi connectivity index (χ3v) is 12.9. The monoisotopic (exact) mass is 412 g/mol. The summed E-state index contributed by atoms with van der Waals surface area (Å²) < 4.78 is 0. The number of carbonyl (C=O) groups is 1. The van der Waals surface area contributed by atoms with Crippen molar-refractivity contribution in [3.63, 3.8) is 0 Å². The maximum atomic E-state index is 12.7. The largest absolute Gasteiger partial charge is 0.299 e. The molecule has 0 aliphatic heterocycles. The highest BCUT2D eigenvalue weighted by Gasteiger charge is 2.67. The van der Waals surface area contributed by atoms with Gasteiger partial charge in [-0.15, -0.1) is 0 Å². The fourth-order valence-electron chi connectivity index (χ4n) is 10.8. The summed E-state index contributed by atoms with van der Waals surface area (Å²) in [5, 5.41) is 0. The molecule has 9 atom stereocenters. The fourth-order valence-corrected chi connectivity index (χ4v) is 10.8. The Hall–Kier alpha value is -0.330. The maximum Gasteiger partial charge on any atom is 0.136 e. The number of carbonyl (C=O) groups excluding carboxylic acids is 1. The molecule has 0 aromatic carbocycles. The van der Waals surface area contributed by atoms with Gasteiger partial charge in [-0.05, 0) is 115 Å². The van der Waals surface area contributed by atoms with E-state index in [1.807, 2.05) is 0 Å². The molecule has 30 heavy (non-hydrogen) atoms. The zero-order valence-corrected chi connectivity index (χ0v) is 21.1. The lowest BCUT2D eigenvalue weighted by atomic mass is 9.34. The summed E-state index contributed by atoms with van der Waals surface area (Å²) in [6, 6.07) is 0. The quantitative estimate of drug-likeness (QED) is 0.393. The van der Waals surface area contributed by atoms with E-state index in [4.69, 9.17) is 0 Å². The molecule has 0 spiro atoms. The van der Waals surface area contributed by atoms with Crippen LogP contribution in [-0.4, -0.2) is 5.78 Å². The second-order valence-corrected chi connectivity index (χ2v) is 14.7. The van der Waals surface area contributed by atoms with E-state index in [0.717, 1.165) is 30.1 Å². The predicted octanol–water partition coefficient (Wildman–Crippen LogP) is 8.07. The van der Waals surface area contributed by atoms with Crippen LogP contribution in [0, 0.1) is 56.7 Å². The molecule has 0 heterocycles. The molecule has 5 rings (SSSR count). The molecule has 5 aliphatic carbocycles. The van der Waals surface area contributed by atoms with Crippen molar-refractivity contribution in [1.29, 1.82) is 0 Å². The van der Waals surface area contributed by atoms with Crippen LogP contribution >= 0.6 is 0 Å². The van der Waals surface area contributed by atoms with E-state index in [9.17, 15) is 4.79 Å². The van der Waals surface area contributed by atoms with Gasteiger partial charge in [0.15, 0.2) is 0 Å². The van der Waals surface area contributed by atoms with Crippen molar-refractivity contribution in [2.24, 2.45) is 56.7 Å². The first kappa shape index (κ1) is 21.5. The first-order valence-corrected chi connectivity index (χ1v) is 13.4. The van der Waals surface area contributed by atoms with Gasteiger partial charge >= 0.3 is 0 Å². The average Bonchev–Trinajstić information content (AvgIpc) is 2.66. The fraction of sp³-hybridized carbons (Fsp3) is 0.966. The van der Waals surface area contributed by atoms with Crippen LogP contribution in [0.15, 0.2) is 0 Å². The lowest BCUT2D eigenvalue weighted by molar-refractivity contribution is -0.219. The molecule has 5 fully saturated rings. The van der Waals surface area contributed by atoms with Crippen molar-refractivity contribution >= 4 is 5.78 Å². The average molecular weight is 413 g/mol. The smallest absolute Gasteiger partial charge is 0.136 e. The van der Waals surface area contributed by atoms with Crippen molar-refractivity contribution in [2.75, 3.05) is 0 Å². The highest BCUT2D eigenvalue weighted by Crippen LogP contribution is 2.74. The molecule has 0 saturated heterocycles. The molecule has 0 aromatic heterocycles. The molecular formula is C29H48O. The predicted molar refractivity (Wildman–Crippen MR) is 125 cm³/mol. The van der Waals surface area contributed by atoms with Crippen LogP contribution in [0.2, 0.25) is 0 Å². The first-order chi connectivity index (χ1) is 13.9. The summed E-state index contributed by atoms with van der Waals surface area (Å²) >= 11 is 0. The minimum Gasteiger partial charge on any atom is -0.299 e. The van der Waals surface area contributed by atoms with Gasteiger partial charge in [-0.2, -0.15) is 0 Å². The zero-order valence-electron chi connectivity index (χ0n) is 21.1. The van der Waals surface area contributed by atoms with Crippen LogP contribution in [0.1, 0.15) is 119 Å². The van der Waals surface area contributed by atoms with Crippen molar-refractivity contribution in [3.8, 4) is 0 Å². The van der Waals surface area contributed by atoms with Gasteiger partial charge in [0, 0.05) is 12.3 Å². The summed E-state index contributed by atoms with van der Waals surface area (Å²) in [6.07, 6.45) is 14.8. The van der Waals surface area contributed by atoms with E-state index in [2.05, 4.69) is 48.5 Å². The third kappa shape index (κ3) is 2.68. The van der Waals surface area contributed by atoms with E-state index in [1.165, 1.54) is 64.2 Å². The van der Waals surface area contributed by atoms with Gasteiger partial charge in [-0.25, -0.2) is 0 Å². The zero-order chi connectivity index (χ0) is 21.7. The van der Waals surface area contributed by atoms with Crippen molar-refractivity contribution in [1.82, 2.24) is 0 Å². The molecule has 0 aromatic rings. The molecule has 5 aliphatic rings. The van der Waals surface area contributed by atoms with E-state index in [-0.39, 0.29) is 11.3 Å². The number of rotatable bonds is 0. The van der Waals surface area contributed by atoms with Gasteiger partial charge in [0.25, 0.3) is 0 Å². The molecule has 1 nitrogen and oxygen atoms in total. The Balaban J connectivity index is 1.50. The van der Waals surface area contributed by atoms with Gasteiger partial charge in [-0.1, -0.05) is 48.5 Å². The second kappa shape index (κ2) is 6.38. The Morgan fingerprint density at radius 1 is 0.667 bits per heavy atom. The van der Waals surface area contributed by atoms with Crippen LogP contribution in [0.25, 0.3) is 0 Å². The van der Waals surface area contributed by atoms with Gasteiger partial charge in [-0.3, -0.25) is 4.79 Å². The minimum absolute atomic E-state index is 0.250. The lowest BCUT2D eigenvalue weighted by Gasteiger charge is -2.71. The Morgan fingerprint density at radius 3 is 2.03 bits per heavy atom. The number of hydrogen-bond acceptors (Lipinski definition) is 1. The Kier molecular flexibility index (Phi) is 4.57. The van der Waals surface area contributed by atoms with E-state index in [1.54, 1.807) is 0 Å². The normalized spacial score (nSPS) is 57.6. The number of fused-ring (bicyclic) bond motifs is 7. The van der Waals surface area contributed by atoms with Gasteiger partial charge in [0.1, 0.15) is 5.78 Å². The summed E-state index contributed by atoms with van der Waals surface area (Å²) in [4.78, 5) is 12.7. The molecule has 0 bridgehead atoms. The van der Waals surface area contributed by atoms with Gasteiger partial charge in [0.05, 0.1) is 0 Å². The topological polar surface area (TPSA) is 17.1 Å². The summed E-state index contributed by atoms with van der Waals surface area (Å²) in [5.41, 5.74) is 2.36. The highest BCUT2D eigenvalue weighted by atomic mass is 16.1. The number of ketones is 1. The van der Waals surface area contributed by atoms with Gasteiger partial charge in [0.2, 0.25) is 0 Å². The Morgan fingerprint density at radius 2 is 1.30 bits per heavy atom. The molecule has 0 radical (unpaired) electrons. The maximum absolute atomic E-state index is 12.7. The van der Waals surface area contributed by atoms with Crippen molar-refractivity contribution in [2.45, 2.75) is 119 Å². The molecular weight excluding hydrogens is 364 g/mol. The van der Waals surface area contributed by atoms with E-state index < -0.39 is 0 Å². The third-order valence-electron chi connectivity index (χ3n) is 12.9. The van der Waals surface area contributed by atoms with Gasteiger partial charge < -0.3 is 0 Å². The summed E-state index contributed by atoms with van der Waals surface area (Å²) in [7, 11) is 0. The van der Waals surface area contributed by atoms with Crippen LogP contribution in [0.4, 0.5) is 0 Å². The van der Waals surface area contributed by atoms with Crippen LogP contribution in [-0.2, 0) is 4.79 Å². The van der Waals surface area contributed by atoms with Crippen LogP contribution in [0.3, 0.4) is 0 Å². The number of Topliss-reactive ketones (excluding diaryl/α,β-unsaturated/α-hetero) is 1. The summed E-state index contributed by atoms with van der Waals surface area (Å²) in [6.45, 7) is 17.9. The van der Waals surface area contributed by atoms with E-state index >= 15 is 0 Å². The molecule has 0 N–H and O–H groups in total. The molecule has 1 heteroatoms. The standard InChI is InChI=1S/C29H48O/c1-19-22(30)8-9-23-27(19,5)13-11-24-28(6)17-16-26(4)15-14-25(2,3)18-21(26)20(28)10-12-29(23,24)7/h19-21,23-24H,8-18H2,1-7H3/t19-,20?,21-,23+,24?,26+,27+,28-,29-/m0/s1. The highest BCUT2D eigenvalue weighted by molar-refractivity contribution is 5.82. The molecule has 5 saturated carbocycles. The Labute approximate surface area is 186 Å². The SMILES string of the molecule is C[C@H]1C(=O)CC[C@@H]2[C@]1(C)CCC1[C@@]3(C)CC[C@@]4(C)CCC(C)(C)C[C@H]4C3CC[C@]12C. The van der Waals surface area contributed by atoms with Crippen molar-refractivity contribution < 1.29 is 4.79 Å². The second-order valence-electron chi connectivity index (χ2n) is 14.7. The Bertz CT molecular complexity index is 737. The lowest BCUT2D eigenvalue weighted by Crippen LogP contribution is -2.64. The van der Waals surface area contributed by atoms with Crippen LogP contribution in [0.5, 0.6) is 0 Å². The molecule has 170 valence electrons. The van der Waals surface area contributed by atoms with E-state index in [0.29, 0.717) is 27.4 Å². The molecule has 2 unspecified atom stereocenters. The summed E-state index contributed by atoms with van der Waals surface area (Å²) in [5.74, 6) is 4.31.